The van der Waals surface area contributed by atoms with Crippen LogP contribution >= 0.6 is 11.8 Å². The van der Waals surface area contributed by atoms with Gasteiger partial charge < -0.3 is 24.3 Å². The van der Waals surface area contributed by atoms with Crippen LogP contribution in [-0.4, -0.2) is 62.4 Å². The molecule has 2 heterocycles. The third-order valence-corrected chi connectivity index (χ3v) is 6.39. The second kappa shape index (κ2) is 11.8. The molecule has 0 atom stereocenters. The minimum atomic E-state index is 0.472. The maximum absolute atomic E-state index is 6.06. The molecule has 0 amide bonds. The molecule has 1 fully saturated rings. The first-order chi connectivity index (χ1) is 16.7. The van der Waals surface area contributed by atoms with Crippen LogP contribution in [0.1, 0.15) is 12.8 Å². The van der Waals surface area contributed by atoms with Gasteiger partial charge in [0.05, 0.1) is 21.3 Å². The zero-order chi connectivity index (χ0) is 23.8. The molecular weight excluding hydrogens is 452 g/mol. The molecule has 1 aliphatic heterocycles. The molecule has 9 heteroatoms. The number of nitrogens with zero attached hydrogens (tertiary/aromatic N) is 3. The van der Waals surface area contributed by atoms with Gasteiger partial charge in [0.15, 0.2) is 11.5 Å². The standard InChI is InChI=1S/C25H30N4O4S/c1-30-19-7-6-8-20(17-19)34-23-9-10-26-25(28-23)27-18-15-21(31-2)24(22(16-18)32-3)33-14-13-29-11-4-5-12-29/h6-10,15-17H,4-5,11-14H2,1-3H3,(H,26,27,28). The highest BCUT2D eigenvalue weighted by Crippen LogP contribution is 2.41. The summed E-state index contributed by atoms with van der Waals surface area (Å²) in [5.74, 6) is 3.05. The number of methoxy groups -OCH3 is 3. The molecule has 1 aliphatic rings. The fourth-order valence-corrected chi connectivity index (χ4v) is 4.58. The number of likely N-dealkylation sites (tertiary alicyclic amines) is 1. The van der Waals surface area contributed by atoms with Crippen LogP contribution in [0.3, 0.4) is 0 Å². The van der Waals surface area contributed by atoms with Crippen LogP contribution in [-0.2, 0) is 0 Å². The van der Waals surface area contributed by atoms with Gasteiger partial charge in [0.25, 0.3) is 0 Å². The van der Waals surface area contributed by atoms with Crippen molar-refractivity contribution in [3.63, 3.8) is 0 Å². The van der Waals surface area contributed by atoms with Crippen molar-refractivity contribution in [1.29, 1.82) is 0 Å². The van der Waals surface area contributed by atoms with Gasteiger partial charge in [0.2, 0.25) is 11.7 Å². The molecule has 4 rings (SSSR count). The summed E-state index contributed by atoms with van der Waals surface area (Å²) in [6.45, 7) is 3.73. The Bertz CT molecular complexity index is 1070. The SMILES string of the molecule is COc1cccc(Sc2ccnc(Nc3cc(OC)c(OCCN4CCCC4)c(OC)c3)n2)c1. The summed E-state index contributed by atoms with van der Waals surface area (Å²) < 4.78 is 22.6. The van der Waals surface area contributed by atoms with Crippen molar-refractivity contribution in [3.05, 3.63) is 48.7 Å². The summed E-state index contributed by atoms with van der Waals surface area (Å²) in [5.41, 5.74) is 0.740. The average Bonchev–Trinajstić information content (AvgIpc) is 3.38. The first kappa shape index (κ1) is 24.0. The number of benzene rings is 2. The van der Waals surface area contributed by atoms with E-state index < -0.39 is 0 Å². The van der Waals surface area contributed by atoms with Gasteiger partial charge in [-0.05, 0) is 50.2 Å². The number of rotatable bonds is 11. The van der Waals surface area contributed by atoms with Crippen LogP contribution < -0.4 is 24.3 Å². The van der Waals surface area contributed by atoms with Crippen molar-refractivity contribution in [3.8, 4) is 23.0 Å². The van der Waals surface area contributed by atoms with Gasteiger partial charge >= 0.3 is 0 Å². The molecular formula is C25H30N4O4S. The highest BCUT2D eigenvalue weighted by atomic mass is 32.2. The van der Waals surface area contributed by atoms with Gasteiger partial charge in [-0.2, -0.15) is 0 Å². The van der Waals surface area contributed by atoms with E-state index in [0.29, 0.717) is 29.8 Å². The molecule has 2 aromatic carbocycles. The Labute approximate surface area is 204 Å². The van der Waals surface area contributed by atoms with Crippen molar-refractivity contribution < 1.29 is 18.9 Å². The maximum Gasteiger partial charge on any atom is 0.228 e. The second-order valence-electron chi connectivity index (χ2n) is 7.73. The Morgan fingerprint density at radius 1 is 0.971 bits per heavy atom. The van der Waals surface area contributed by atoms with E-state index in [9.17, 15) is 0 Å². The maximum atomic E-state index is 6.06. The number of ether oxygens (including phenoxy) is 4. The third kappa shape index (κ3) is 6.24. The summed E-state index contributed by atoms with van der Waals surface area (Å²) in [4.78, 5) is 12.4. The smallest absolute Gasteiger partial charge is 0.228 e. The average molecular weight is 483 g/mol. The quantitative estimate of drug-likeness (QED) is 0.385. The normalized spacial score (nSPS) is 13.5. The Hall–Kier alpha value is -3.17. The van der Waals surface area contributed by atoms with E-state index in [4.69, 9.17) is 18.9 Å². The highest BCUT2D eigenvalue weighted by Gasteiger charge is 2.17. The minimum Gasteiger partial charge on any atom is -0.497 e. The van der Waals surface area contributed by atoms with Crippen molar-refractivity contribution in [2.24, 2.45) is 0 Å². The van der Waals surface area contributed by atoms with Gasteiger partial charge in [-0.15, -0.1) is 0 Å². The molecule has 0 radical (unpaired) electrons. The first-order valence-electron chi connectivity index (χ1n) is 11.2. The van der Waals surface area contributed by atoms with E-state index in [2.05, 4.69) is 20.2 Å². The van der Waals surface area contributed by atoms with E-state index in [0.717, 1.165) is 41.0 Å². The van der Waals surface area contributed by atoms with Crippen molar-refractivity contribution in [1.82, 2.24) is 14.9 Å². The minimum absolute atomic E-state index is 0.472. The van der Waals surface area contributed by atoms with Crippen LogP contribution in [0.15, 0.2) is 58.6 Å². The topological polar surface area (TPSA) is 78.0 Å². The van der Waals surface area contributed by atoms with Crippen LogP contribution in [0.25, 0.3) is 0 Å². The number of aromatic nitrogens is 2. The Morgan fingerprint density at radius 3 is 2.44 bits per heavy atom. The monoisotopic (exact) mass is 482 g/mol. The van der Waals surface area contributed by atoms with Gasteiger partial charge in [-0.3, -0.25) is 4.90 Å². The summed E-state index contributed by atoms with van der Waals surface area (Å²) in [6.07, 6.45) is 4.24. The lowest BCUT2D eigenvalue weighted by molar-refractivity contribution is 0.222. The predicted octanol–water partition coefficient (Wildman–Crippen LogP) is 4.87. The zero-order valence-electron chi connectivity index (χ0n) is 19.7. The summed E-state index contributed by atoms with van der Waals surface area (Å²) in [5, 5.41) is 4.06. The molecule has 3 aromatic rings. The second-order valence-corrected chi connectivity index (χ2v) is 8.83. The molecule has 0 bridgehead atoms. The zero-order valence-corrected chi connectivity index (χ0v) is 20.6. The predicted molar refractivity (Wildman–Crippen MR) is 133 cm³/mol. The molecule has 0 spiro atoms. The number of nitrogens with one attached hydrogen (secondary N) is 1. The lowest BCUT2D eigenvalue weighted by Gasteiger charge is -2.19. The van der Waals surface area contributed by atoms with E-state index in [1.807, 2.05) is 42.5 Å². The van der Waals surface area contributed by atoms with Gasteiger partial charge in [-0.1, -0.05) is 17.8 Å². The first-order valence-corrected chi connectivity index (χ1v) is 12.0. The van der Waals surface area contributed by atoms with Crippen molar-refractivity contribution >= 4 is 23.4 Å². The number of hydrogen-bond acceptors (Lipinski definition) is 9. The Morgan fingerprint density at radius 2 is 1.74 bits per heavy atom. The van der Waals surface area contributed by atoms with E-state index in [-0.39, 0.29) is 0 Å². The molecule has 34 heavy (non-hydrogen) atoms. The molecule has 0 aliphatic carbocycles. The van der Waals surface area contributed by atoms with Crippen LogP contribution in [0.4, 0.5) is 11.6 Å². The lowest BCUT2D eigenvalue weighted by Crippen LogP contribution is -2.25. The molecule has 0 unspecified atom stereocenters. The van der Waals surface area contributed by atoms with Crippen LogP contribution in [0, 0.1) is 0 Å². The lowest BCUT2D eigenvalue weighted by atomic mass is 10.2. The van der Waals surface area contributed by atoms with Crippen molar-refractivity contribution in [2.45, 2.75) is 22.8 Å². The van der Waals surface area contributed by atoms with E-state index in [1.54, 1.807) is 27.5 Å². The third-order valence-electron chi connectivity index (χ3n) is 5.46. The van der Waals surface area contributed by atoms with Gasteiger partial charge in [-0.25, -0.2) is 9.97 Å². The summed E-state index contributed by atoms with van der Waals surface area (Å²) >= 11 is 1.53. The van der Waals surface area contributed by atoms with Gasteiger partial charge in [0.1, 0.15) is 17.4 Å². The summed E-state index contributed by atoms with van der Waals surface area (Å²) in [7, 11) is 4.89. The largest absolute Gasteiger partial charge is 0.497 e. The van der Waals surface area contributed by atoms with Gasteiger partial charge in [0, 0.05) is 35.5 Å². The van der Waals surface area contributed by atoms with Crippen LogP contribution in [0.5, 0.6) is 23.0 Å². The number of hydrogen-bond donors (Lipinski definition) is 1. The highest BCUT2D eigenvalue weighted by molar-refractivity contribution is 7.99. The Balaban J connectivity index is 1.46. The Kier molecular flexibility index (Phi) is 8.32. The molecule has 1 aromatic heterocycles. The molecule has 8 nitrogen and oxygen atoms in total. The fraction of sp³-hybridized carbons (Fsp3) is 0.360. The molecule has 0 saturated carbocycles. The van der Waals surface area contributed by atoms with E-state index >= 15 is 0 Å². The summed E-state index contributed by atoms with van der Waals surface area (Å²) in [6, 6.07) is 13.4. The van der Waals surface area contributed by atoms with Crippen LogP contribution in [0.2, 0.25) is 0 Å². The fourth-order valence-electron chi connectivity index (χ4n) is 3.75. The molecule has 1 N–H and O–H groups in total. The van der Waals surface area contributed by atoms with E-state index in [1.165, 1.54) is 24.6 Å². The van der Waals surface area contributed by atoms with Crippen molar-refractivity contribution in [2.75, 3.05) is 52.9 Å². The molecule has 1 saturated heterocycles. The molecule has 180 valence electrons. The number of anilines is 2.